The number of piperazine rings is 1. The van der Waals surface area contributed by atoms with Gasteiger partial charge in [-0.15, -0.1) is 11.3 Å². The van der Waals surface area contributed by atoms with E-state index in [0.29, 0.717) is 12.2 Å². The summed E-state index contributed by atoms with van der Waals surface area (Å²) < 4.78 is 0. The van der Waals surface area contributed by atoms with Crippen LogP contribution in [0.1, 0.15) is 21.6 Å². The van der Waals surface area contributed by atoms with Gasteiger partial charge in [0, 0.05) is 48.8 Å². The number of hydrogen-bond acceptors (Lipinski definition) is 5. The van der Waals surface area contributed by atoms with Crippen molar-refractivity contribution in [3.8, 4) is 0 Å². The van der Waals surface area contributed by atoms with Gasteiger partial charge in [0.05, 0.1) is 0 Å². The van der Waals surface area contributed by atoms with E-state index >= 15 is 0 Å². The van der Waals surface area contributed by atoms with Gasteiger partial charge in [-0.05, 0) is 36.8 Å². The summed E-state index contributed by atoms with van der Waals surface area (Å²) >= 11 is 7.50. The minimum absolute atomic E-state index is 0.132. The van der Waals surface area contributed by atoms with Crippen molar-refractivity contribution < 1.29 is 4.79 Å². The van der Waals surface area contributed by atoms with Gasteiger partial charge in [-0.2, -0.15) is 0 Å². The first kappa shape index (κ1) is 19.7. The number of nitrogens with one attached hydrogen (secondary N) is 1. The molecular weight excluding hydrogens is 404 g/mol. The molecule has 3 aromatic rings. The molecule has 0 spiro atoms. The topological polar surface area (TPSA) is 48.5 Å². The van der Waals surface area contributed by atoms with E-state index in [4.69, 9.17) is 11.6 Å². The highest BCUT2D eigenvalue weighted by molar-refractivity contribution is 7.13. The first-order chi connectivity index (χ1) is 14.1. The average molecular weight is 427 g/mol. The van der Waals surface area contributed by atoms with Crippen molar-refractivity contribution in [2.75, 3.05) is 36.0 Å². The van der Waals surface area contributed by atoms with Gasteiger partial charge in [0.2, 0.25) is 0 Å². The van der Waals surface area contributed by atoms with Crippen LogP contribution in [0.3, 0.4) is 0 Å². The van der Waals surface area contributed by atoms with E-state index in [1.165, 1.54) is 22.6 Å². The van der Waals surface area contributed by atoms with Crippen LogP contribution in [-0.2, 0) is 6.54 Å². The maximum Gasteiger partial charge on any atom is 0.271 e. The summed E-state index contributed by atoms with van der Waals surface area (Å²) in [5.74, 6) is -0.132. The Bertz CT molecular complexity index is 963. The molecule has 0 unspecified atom stereocenters. The molecule has 1 N–H and O–H groups in total. The lowest BCUT2D eigenvalue weighted by Gasteiger charge is -2.36. The second kappa shape index (κ2) is 8.84. The Hall–Kier alpha value is -2.57. The highest BCUT2D eigenvalue weighted by Gasteiger charge is 2.21. The molecule has 0 atom stereocenters. The molecular formula is C22H23ClN4OS. The lowest BCUT2D eigenvalue weighted by Crippen LogP contribution is -2.46. The number of nitrogens with zero attached hydrogens (tertiary/aromatic N) is 3. The van der Waals surface area contributed by atoms with Crippen molar-refractivity contribution in [2.45, 2.75) is 13.5 Å². The van der Waals surface area contributed by atoms with Crippen molar-refractivity contribution >= 4 is 39.7 Å². The molecule has 7 heteroatoms. The monoisotopic (exact) mass is 426 g/mol. The smallest absolute Gasteiger partial charge is 0.271 e. The Labute approximate surface area is 179 Å². The number of rotatable bonds is 5. The van der Waals surface area contributed by atoms with Gasteiger partial charge in [0.15, 0.2) is 5.13 Å². The number of carbonyl (C=O) groups excluding carboxylic acids is 1. The lowest BCUT2D eigenvalue weighted by molar-refractivity contribution is 0.0946. The first-order valence-electron chi connectivity index (χ1n) is 9.63. The summed E-state index contributed by atoms with van der Waals surface area (Å²) in [6.45, 7) is 6.13. The molecule has 1 saturated heterocycles. The van der Waals surface area contributed by atoms with Crippen LogP contribution < -0.4 is 15.1 Å². The normalized spacial score (nSPS) is 14.1. The molecule has 29 heavy (non-hydrogen) atoms. The van der Waals surface area contributed by atoms with Crippen LogP contribution in [0.4, 0.5) is 10.8 Å². The maximum atomic E-state index is 12.4. The number of anilines is 2. The Balaban J connectivity index is 1.31. The second-order valence-corrected chi connectivity index (χ2v) is 8.41. The highest BCUT2D eigenvalue weighted by Crippen LogP contribution is 2.24. The number of thiazole rings is 1. The van der Waals surface area contributed by atoms with Crippen LogP contribution in [-0.4, -0.2) is 37.1 Å². The molecule has 2 aromatic carbocycles. The van der Waals surface area contributed by atoms with E-state index in [9.17, 15) is 4.79 Å². The molecule has 1 aromatic heterocycles. The maximum absolute atomic E-state index is 12.4. The number of hydrogen-bond donors (Lipinski definition) is 1. The van der Waals surface area contributed by atoms with Crippen LogP contribution in [0.2, 0.25) is 5.02 Å². The van der Waals surface area contributed by atoms with E-state index in [2.05, 4.69) is 39.2 Å². The summed E-state index contributed by atoms with van der Waals surface area (Å²) in [4.78, 5) is 21.6. The van der Waals surface area contributed by atoms with Crippen LogP contribution in [0.25, 0.3) is 0 Å². The summed E-state index contributed by atoms with van der Waals surface area (Å²) in [6, 6.07) is 16.1. The molecule has 1 fully saturated rings. The minimum Gasteiger partial charge on any atom is -0.368 e. The summed E-state index contributed by atoms with van der Waals surface area (Å²) in [5.41, 5.74) is 3.96. The number of aryl methyl sites for hydroxylation is 1. The molecule has 4 rings (SSSR count). The molecule has 5 nitrogen and oxygen atoms in total. The van der Waals surface area contributed by atoms with Gasteiger partial charge < -0.3 is 15.1 Å². The molecule has 1 aliphatic rings. The van der Waals surface area contributed by atoms with Crippen LogP contribution in [0.15, 0.2) is 53.9 Å². The predicted molar refractivity (Wildman–Crippen MR) is 120 cm³/mol. The second-order valence-electron chi connectivity index (χ2n) is 7.13. The van der Waals surface area contributed by atoms with Crippen LogP contribution in [0, 0.1) is 6.92 Å². The standard InChI is InChI=1S/C22H23ClN4OS/c1-16-2-4-17(5-3-16)14-24-21(28)20-15-29-22(25-20)27-12-10-26(11-13-27)19-8-6-18(23)7-9-19/h2-9,15H,10-14H2,1H3,(H,24,28). The first-order valence-corrected chi connectivity index (χ1v) is 10.9. The molecule has 2 heterocycles. The van der Waals surface area contributed by atoms with Gasteiger partial charge in [-0.1, -0.05) is 41.4 Å². The van der Waals surface area contributed by atoms with Crippen LogP contribution in [0.5, 0.6) is 0 Å². The molecule has 150 valence electrons. The van der Waals surface area contributed by atoms with Gasteiger partial charge in [-0.3, -0.25) is 4.79 Å². The third-order valence-corrected chi connectivity index (χ3v) is 6.19. The van der Waals surface area contributed by atoms with Crippen molar-refractivity contribution in [2.24, 2.45) is 0 Å². The number of halogens is 1. The molecule has 0 bridgehead atoms. The van der Waals surface area contributed by atoms with Gasteiger partial charge in [-0.25, -0.2) is 4.98 Å². The molecule has 0 radical (unpaired) electrons. The lowest BCUT2D eigenvalue weighted by atomic mass is 10.1. The minimum atomic E-state index is -0.132. The SMILES string of the molecule is Cc1ccc(CNC(=O)c2csc(N3CCN(c4ccc(Cl)cc4)CC3)n2)cc1. The van der Waals surface area contributed by atoms with E-state index in [1.54, 1.807) is 0 Å². The zero-order valence-corrected chi connectivity index (χ0v) is 17.8. The van der Waals surface area contributed by atoms with Gasteiger partial charge in [0.1, 0.15) is 5.69 Å². The average Bonchev–Trinajstić information content (AvgIpc) is 3.24. The predicted octanol–water partition coefficient (Wildman–Crippen LogP) is 4.36. The van der Waals surface area contributed by atoms with Crippen molar-refractivity contribution in [3.05, 3.63) is 75.8 Å². The van der Waals surface area contributed by atoms with E-state index in [0.717, 1.165) is 41.9 Å². The Morgan fingerprint density at radius 2 is 1.69 bits per heavy atom. The molecule has 1 amide bonds. The highest BCUT2D eigenvalue weighted by atomic mass is 35.5. The Kier molecular flexibility index (Phi) is 6.02. The van der Waals surface area contributed by atoms with Crippen LogP contribution >= 0.6 is 22.9 Å². The van der Waals surface area contributed by atoms with Crippen molar-refractivity contribution in [1.82, 2.24) is 10.3 Å². The number of benzene rings is 2. The van der Waals surface area contributed by atoms with Crippen molar-refractivity contribution in [1.29, 1.82) is 0 Å². The summed E-state index contributed by atoms with van der Waals surface area (Å²) in [7, 11) is 0. The zero-order chi connectivity index (χ0) is 20.2. The largest absolute Gasteiger partial charge is 0.368 e. The Morgan fingerprint density at radius 3 is 2.38 bits per heavy atom. The summed E-state index contributed by atoms with van der Waals surface area (Å²) in [6.07, 6.45) is 0. The quantitative estimate of drug-likeness (QED) is 0.658. The number of aromatic nitrogens is 1. The van der Waals surface area contributed by atoms with Gasteiger partial charge >= 0.3 is 0 Å². The Morgan fingerprint density at radius 1 is 1.03 bits per heavy atom. The van der Waals surface area contributed by atoms with E-state index < -0.39 is 0 Å². The van der Waals surface area contributed by atoms with E-state index in [-0.39, 0.29) is 5.91 Å². The van der Waals surface area contributed by atoms with Gasteiger partial charge in [0.25, 0.3) is 5.91 Å². The third-order valence-electron chi connectivity index (χ3n) is 5.04. The molecule has 0 aliphatic carbocycles. The van der Waals surface area contributed by atoms with E-state index in [1.807, 2.05) is 41.8 Å². The zero-order valence-electron chi connectivity index (χ0n) is 16.3. The number of carbonyl (C=O) groups is 1. The fraction of sp³-hybridized carbons (Fsp3) is 0.273. The fourth-order valence-corrected chi connectivity index (χ4v) is 4.29. The fourth-order valence-electron chi connectivity index (χ4n) is 3.30. The third kappa shape index (κ3) is 4.89. The van der Waals surface area contributed by atoms with Crippen molar-refractivity contribution in [3.63, 3.8) is 0 Å². The molecule has 0 saturated carbocycles. The number of amides is 1. The summed E-state index contributed by atoms with van der Waals surface area (Å²) in [5, 5.41) is 6.45. The molecule has 1 aliphatic heterocycles.